The molecule has 0 saturated heterocycles. The van der Waals surface area contributed by atoms with Crippen LogP contribution in [-0.2, 0) is 13.6 Å². The number of nitrogens with one attached hydrogen (secondary N) is 1. The normalized spacial score (nSPS) is 11.3. The summed E-state index contributed by atoms with van der Waals surface area (Å²) in [6.07, 6.45) is 1.96. The monoisotopic (exact) mass is 261 g/mol. The average molecular weight is 261 g/mol. The number of rotatable bonds is 4. The first kappa shape index (κ1) is 13.7. The molecule has 102 valence electrons. The molecule has 1 aromatic carbocycles. The van der Waals surface area contributed by atoms with E-state index >= 15 is 0 Å². The van der Waals surface area contributed by atoms with Crippen LogP contribution in [-0.4, -0.2) is 16.8 Å². The molecule has 0 aliphatic carbocycles. The van der Waals surface area contributed by atoms with Gasteiger partial charge in [0.05, 0.1) is 5.69 Å². The van der Waals surface area contributed by atoms with Gasteiger partial charge in [0.2, 0.25) is 0 Å². The lowest BCUT2D eigenvalue weighted by Crippen LogP contribution is -2.07. The Balaban J connectivity index is 2.60. The highest BCUT2D eigenvalue weighted by atomic mass is 19.1. The SMILES string of the molecule is CNCc1ccc(F)cc1-c1cn(C)nc1C(C)C. The van der Waals surface area contributed by atoms with E-state index in [2.05, 4.69) is 24.3 Å². The Morgan fingerprint density at radius 3 is 2.68 bits per heavy atom. The summed E-state index contributed by atoms with van der Waals surface area (Å²) in [4.78, 5) is 0. The molecule has 3 nitrogen and oxygen atoms in total. The van der Waals surface area contributed by atoms with E-state index < -0.39 is 0 Å². The number of hydrogen-bond acceptors (Lipinski definition) is 2. The fraction of sp³-hybridized carbons (Fsp3) is 0.400. The fourth-order valence-corrected chi connectivity index (χ4v) is 2.28. The Morgan fingerprint density at radius 1 is 1.32 bits per heavy atom. The first-order chi connectivity index (χ1) is 9.02. The van der Waals surface area contributed by atoms with Crippen LogP contribution < -0.4 is 5.32 Å². The summed E-state index contributed by atoms with van der Waals surface area (Å²) >= 11 is 0. The van der Waals surface area contributed by atoms with Gasteiger partial charge in [-0.1, -0.05) is 19.9 Å². The Hall–Kier alpha value is -1.68. The van der Waals surface area contributed by atoms with E-state index in [1.165, 1.54) is 6.07 Å². The van der Waals surface area contributed by atoms with Crippen molar-refractivity contribution in [3.05, 3.63) is 41.5 Å². The van der Waals surface area contributed by atoms with E-state index in [9.17, 15) is 4.39 Å². The standard InChI is InChI=1S/C15H20FN3/c1-10(2)15-14(9-19(4)18-15)13-7-12(16)6-5-11(13)8-17-3/h5-7,9-10,17H,8H2,1-4H3. The highest BCUT2D eigenvalue weighted by Gasteiger charge is 2.16. The second-order valence-electron chi connectivity index (χ2n) is 5.09. The van der Waals surface area contributed by atoms with Crippen molar-refractivity contribution in [3.63, 3.8) is 0 Å². The molecule has 0 amide bonds. The number of hydrogen-bond donors (Lipinski definition) is 1. The maximum atomic E-state index is 13.6. The fourth-order valence-electron chi connectivity index (χ4n) is 2.28. The minimum absolute atomic E-state index is 0.214. The molecule has 0 fully saturated rings. The number of halogens is 1. The molecule has 1 aromatic heterocycles. The minimum atomic E-state index is -0.214. The molecular formula is C15H20FN3. The van der Waals surface area contributed by atoms with E-state index in [4.69, 9.17) is 0 Å². The van der Waals surface area contributed by atoms with Gasteiger partial charge in [0.25, 0.3) is 0 Å². The highest BCUT2D eigenvalue weighted by Crippen LogP contribution is 2.31. The van der Waals surface area contributed by atoms with Crippen LogP contribution in [0, 0.1) is 5.82 Å². The van der Waals surface area contributed by atoms with Crippen LogP contribution in [0.1, 0.15) is 31.0 Å². The molecule has 0 unspecified atom stereocenters. The van der Waals surface area contributed by atoms with Gasteiger partial charge in [-0.05, 0) is 36.2 Å². The van der Waals surface area contributed by atoms with Crippen LogP contribution in [0.5, 0.6) is 0 Å². The van der Waals surface area contributed by atoms with Crippen LogP contribution in [0.25, 0.3) is 11.1 Å². The highest BCUT2D eigenvalue weighted by molar-refractivity contribution is 5.69. The lowest BCUT2D eigenvalue weighted by atomic mass is 9.96. The summed E-state index contributed by atoms with van der Waals surface area (Å²) in [5.74, 6) is 0.0929. The van der Waals surface area contributed by atoms with Gasteiger partial charge in [0.15, 0.2) is 0 Å². The van der Waals surface area contributed by atoms with E-state index in [1.807, 2.05) is 26.4 Å². The molecule has 0 atom stereocenters. The molecule has 1 N–H and O–H groups in total. The molecule has 0 aliphatic rings. The summed E-state index contributed by atoms with van der Waals surface area (Å²) in [6, 6.07) is 4.93. The van der Waals surface area contributed by atoms with Crippen LogP contribution in [0.2, 0.25) is 0 Å². The van der Waals surface area contributed by atoms with Gasteiger partial charge in [0.1, 0.15) is 5.82 Å². The third-order valence-electron chi connectivity index (χ3n) is 3.13. The van der Waals surface area contributed by atoms with Crippen molar-refractivity contribution < 1.29 is 4.39 Å². The number of nitrogens with zero attached hydrogens (tertiary/aromatic N) is 2. The Labute approximate surface area is 113 Å². The van der Waals surface area contributed by atoms with Gasteiger partial charge in [0, 0.05) is 25.4 Å². The summed E-state index contributed by atoms with van der Waals surface area (Å²) in [5.41, 5.74) is 4.03. The lowest BCUT2D eigenvalue weighted by molar-refractivity contribution is 0.627. The van der Waals surface area contributed by atoms with Gasteiger partial charge in [-0.25, -0.2) is 4.39 Å². The molecule has 0 bridgehead atoms. The summed E-state index contributed by atoms with van der Waals surface area (Å²) < 4.78 is 15.4. The van der Waals surface area contributed by atoms with Crippen molar-refractivity contribution in [3.8, 4) is 11.1 Å². The van der Waals surface area contributed by atoms with Gasteiger partial charge < -0.3 is 5.32 Å². The van der Waals surface area contributed by atoms with E-state index in [1.54, 1.807) is 10.7 Å². The molecule has 2 aromatic rings. The van der Waals surface area contributed by atoms with Crippen molar-refractivity contribution in [1.29, 1.82) is 0 Å². The number of aromatic nitrogens is 2. The molecule has 19 heavy (non-hydrogen) atoms. The second kappa shape index (κ2) is 5.53. The van der Waals surface area contributed by atoms with E-state index in [0.29, 0.717) is 12.5 Å². The Morgan fingerprint density at radius 2 is 2.05 bits per heavy atom. The predicted octanol–water partition coefficient (Wildman–Crippen LogP) is 3.07. The smallest absolute Gasteiger partial charge is 0.123 e. The van der Waals surface area contributed by atoms with Gasteiger partial charge in [-0.15, -0.1) is 0 Å². The molecule has 1 heterocycles. The van der Waals surface area contributed by atoms with Crippen LogP contribution in [0.3, 0.4) is 0 Å². The van der Waals surface area contributed by atoms with Crippen LogP contribution in [0.4, 0.5) is 4.39 Å². The first-order valence-electron chi connectivity index (χ1n) is 6.50. The zero-order valence-electron chi connectivity index (χ0n) is 11.9. The topological polar surface area (TPSA) is 29.9 Å². The maximum Gasteiger partial charge on any atom is 0.123 e. The molecule has 0 saturated carbocycles. The number of benzene rings is 1. The Bertz CT molecular complexity index is 573. The summed E-state index contributed by atoms with van der Waals surface area (Å²) in [6.45, 7) is 4.91. The third kappa shape index (κ3) is 2.84. The largest absolute Gasteiger partial charge is 0.316 e. The molecule has 2 rings (SSSR count). The lowest BCUT2D eigenvalue weighted by Gasteiger charge is -2.11. The van der Waals surface area contributed by atoms with Crippen LogP contribution in [0.15, 0.2) is 24.4 Å². The molecule has 0 radical (unpaired) electrons. The summed E-state index contributed by atoms with van der Waals surface area (Å²) in [7, 11) is 3.78. The van der Waals surface area contributed by atoms with E-state index in [0.717, 1.165) is 22.4 Å². The van der Waals surface area contributed by atoms with Crippen molar-refractivity contribution in [2.75, 3.05) is 7.05 Å². The van der Waals surface area contributed by atoms with Crippen molar-refractivity contribution in [2.24, 2.45) is 7.05 Å². The second-order valence-corrected chi connectivity index (χ2v) is 5.09. The Kier molecular flexibility index (Phi) is 4.00. The number of aryl methyl sites for hydroxylation is 1. The van der Waals surface area contributed by atoms with Gasteiger partial charge in [-0.2, -0.15) is 5.10 Å². The van der Waals surface area contributed by atoms with Crippen molar-refractivity contribution >= 4 is 0 Å². The third-order valence-corrected chi connectivity index (χ3v) is 3.13. The first-order valence-corrected chi connectivity index (χ1v) is 6.50. The average Bonchev–Trinajstić information content (AvgIpc) is 2.74. The quantitative estimate of drug-likeness (QED) is 0.916. The molecule has 4 heteroatoms. The predicted molar refractivity (Wildman–Crippen MR) is 75.5 cm³/mol. The van der Waals surface area contributed by atoms with Gasteiger partial charge in [-0.3, -0.25) is 4.68 Å². The molecule has 0 aliphatic heterocycles. The maximum absolute atomic E-state index is 13.6. The summed E-state index contributed by atoms with van der Waals surface area (Å²) in [5, 5.41) is 7.61. The molecule has 0 spiro atoms. The van der Waals surface area contributed by atoms with Crippen molar-refractivity contribution in [2.45, 2.75) is 26.3 Å². The zero-order valence-corrected chi connectivity index (χ0v) is 11.9. The zero-order chi connectivity index (χ0) is 14.0. The molecular weight excluding hydrogens is 241 g/mol. The van der Waals surface area contributed by atoms with E-state index in [-0.39, 0.29) is 5.82 Å². The minimum Gasteiger partial charge on any atom is -0.316 e. The van der Waals surface area contributed by atoms with Gasteiger partial charge >= 0.3 is 0 Å². The van der Waals surface area contributed by atoms with Crippen LogP contribution >= 0.6 is 0 Å². The van der Waals surface area contributed by atoms with Crippen molar-refractivity contribution in [1.82, 2.24) is 15.1 Å².